The van der Waals surface area contributed by atoms with Crippen molar-refractivity contribution in [2.75, 3.05) is 14.2 Å². The van der Waals surface area contributed by atoms with Gasteiger partial charge in [0, 0.05) is 17.0 Å². The first kappa shape index (κ1) is 22.4. The van der Waals surface area contributed by atoms with Gasteiger partial charge in [-0.25, -0.2) is 4.79 Å². The molecule has 2 aromatic carbocycles. The van der Waals surface area contributed by atoms with Crippen molar-refractivity contribution in [3.05, 3.63) is 76.3 Å². The first-order valence-corrected chi connectivity index (χ1v) is 9.80. The molecule has 1 fully saturated rings. The highest BCUT2D eigenvalue weighted by Crippen LogP contribution is 2.46. The van der Waals surface area contributed by atoms with Crippen molar-refractivity contribution in [3.63, 3.8) is 0 Å². The first-order valence-electron chi connectivity index (χ1n) is 9.42. The molecule has 2 aromatic rings. The van der Waals surface area contributed by atoms with E-state index in [9.17, 15) is 19.9 Å². The van der Waals surface area contributed by atoms with E-state index in [4.69, 9.17) is 16.3 Å². The number of carbonyl (C=O) groups is 3. The molecule has 4 atom stereocenters. The van der Waals surface area contributed by atoms with Crippen molar-refractivity contribution < 1.29 is 28.6 Å². The second-order valence-electron chi connectivity index (χ2n) is 6.93. The van der Waals surface area contributed by atoms with Gasteiger partial charge in [0.05, 0.1) is 20.1 Å². The Morgan fingerprint density at radius 3 is 2.23 bits per heavy atom. The number of carbonyl (C=O) groups excluding carboxylic acids is 3. The number of ether oxygens (including phenoxy) is 2. The summed E-state index contributed by atoms with van der Waals surface area (Å²) in [7, 11) is 2.32. The minimum atomic E-state index is -1.08. The summed E-state index contributed by atoms with van der Waals surface area (Å²) in [6.07, 6.45) is 0. The SMILES string of the molecule is COC(=O)C(=[N+]=[N-])C(=O)[C@H]1[C@H](c2ccccc2Cl)[C@@H](C(=O)OC)N[C@H]1c1ccccc1. The molecule has 0 unspecified atom stereocenters. The van der Waals surface area contributed by atoms with Crippen molar-refractivity contribution in [1.29, 1.82) is 0 Å². The molecule has 0 radical (unpaired) electrons. The minimum absolute atomic E-state index is 0.343. The number of Topliss-reactive ketones (excluding diaryl/α,β-unsaturated/α-hetero) is 1. The Morgan fingerprint density at radius 1 is 1.00 bits per heavy atom. The molecular formula is C22H20ClN3O5. The van der Waals surface area contributed by atoms with Crippen LogP contribution >= 0.6 is 11.6 Å². The van der Waals surface area contributed by atoms with Gasteiger partial charge in [0.1, 0.15) is 6.04 Å². The second-order valence-corrected chi connectivity index (χ2v) is 7.34. The maximum Gasteiger partial charge on any atom is 0.441 e. The van der Waals surface area contributed by atoms with Crippen LogP contribution in [0.1, 0.15) is 23.1 Å². The number of nitrogens with zero attached hydrogens (tertiary/aromatic N) is 2. The van der Waals surface area contributed by atoms with E-state index in [1.807, 2.05) is 6.07 Å². The van der Waals surface area contributed by atoms with Crippen LogP contribution in [0.15, 0.2) is 54.6 Å². The highest BCUT2D eigenvalue weighted by molar-refractivity contribution is 6.62. The molecule has 160 valence electrons. The summed E-state index contributed by atoms with van der Waals surface area (Å²) in [5, 5.41) is 3.50. The van der Waals surface area contributed by atoms with Gasteiger partial charge in [0.2, 0.25) is 0 Å². The number of ketones is 1. The van der Waals surface area contributed by atoms with Crippen molar-refractivity contribution in [2.45, 2.75) is 18.0 Å². The monoisotopic (exact) mass is 441 g/mol. The third-order valence-electron chi connectivity index (χ3n) is 5.36. The average Bonchev–Trinajstić information content (AvgIpc) is 3.20. The van der Waals surface area contributed by atoms with Gasteiger partial charge < -0.3 is 15.0 Å². The topological polar surface area (TPSA) is 118 Å². The van der Waals surface area contributed by atoms with Crippen LogP contribution in [0.3, 0.4) is 0 Å². The molecule has 0 saturated carbocycles. The first-order chi connectivity index (χ1) is 14.9. The van der Waals surface area contributed by atoms with E-state index in [1.54, 1.807) is 48.5 Å². The molecule has 9 heteroatoms. The molecule has 1 saturated heterocycles. The van der Waals surface area contributed by atoms with E-state index in [0.717, 1.165) is 7.11 Å². The molecule has 3 rings (SSSR count). The zero-order valence-corrected chi connectivity index (χ0v) is 17.6. The molecule has 31 heavy (non-hydrogen) atoms. The second kappa shape index (κ2) is 9.66. The summed E-state index contributed by atoms with van der Waals surface area (Å²) < 4.78 is 9.56. The maximum atomic E-state index is 13.5. The van der Waals surface area contributed by atoms with Gasteiger partial charge in [0.25, 0.3) is 5.78 Å². The Hall–Kier alpha value is -3.32. The van der Waals surface area contributed by atoms with Crippen LogP contribution in [0.2, 0.25) is 5.02 Å². The molecule has 0 amide bonds. The van der Waals surface area contributed by atoms with Crippen molar-refractivity contribution >= 4 is 35.0 Å². The van der Waals surface area contributed by atoms with Crippen LogP contribution in [0.25, 0.3) is 5.53 Å². The smallest absolute Gasteiger partial charge is 0.441 e. The van der Waals surface area contributed by atoms with Crippen LogP contribution in [0.4, 0.5) is 0 Å². The van der Waals surface area contributed by atoms with Gasteiger partial charge in [-0.2, -0.15) is 4.79 Å². The van der Waals surface area contributed by atoms with Crippen LogP contribution in [0.5, 0.6) is 0 Å². The number of nitrogens with one attached hydrogen (secondary N) is 1. The van der Waals surface area contributed by atoms with Crippen molar-refractivity contribution in [3.8, 4) is 0 Å². The van der Waals surface area contributed by atoms with E-state index in [0.29, 0.717) is 16.1 Å². The van der Waals surface area contributed by atoms with Crippen LogP contribution in [-0.4, -0.2) is 48.5 Å². The minimum Gasteiger partial charge on any atom is -0.468 e. The molecule has 1 N–H and O–H groups in total. The summed E-state index contributed by atoms with van der Waals surface area (Å²) in [5.41, 5.74) is 9.83. The van der Waals surface area contributed by atoms with Crippen molar-refractivity contribution in [2.24, 2.45) is 5.92 Å². The molecular weight excluding hydrogens is 422 g/mol. The number of hydrogen-bond donors (Lipinski definition) is 1. The zero-order chi connectivity index (χ0) is 22.5. The molecule has 8 nitrogen and oxygen atoms in total. The lowest BCUT2D eigenvalue weighted by atomic mass is 9.76. The lowest BCUT2D eigenvalue weighted by Crippen LogP contribution is -2.38. The Balaban J connectivity index is 2.22. The van der Waals surface area contributed by atoms with E-state index in [2.05, 4.69) is 14.8 Å². The average molecular weight is 442 g/mol. The van der Waals surface area contributed by atoms with Crippen LogP contribution < -0.4 is 5.32 Å². The van der Waals surface area contributed by atoms with E-state index >= 15 is 0 Å². The third-order valence-corrected chi connectivity index (χ3v) is 5.70. The third kappa shape index (κ3) is 4.27. The summed E-state index contributed by atoms with van der Waals surface area (Å²) >= 11 is 6.42. The fourth-order valence-corrected chi connectivity index (χ4v) is 4.26. The fourth-order valence-electron chi connectivity index (χ4n) is 4.00. The molecule has 1 aliphatic heterocycles. The van der Waals surface area contributed by atoms with Gasteiger partial charge in [-0.1, -0.05) is 60.1 Å². The summed E-state index contributed by atoms with van der Waals surface area (Å²) in [6.45, 7) is 0. The molecule has 0 bridgehead atoms. The number of hydrogen-bond acceptors (Lipinski definition) is 6. The fraction of sp³-hybridized carbons (Fsp3) is 0.273. The van der Waals surface area contributed by atoms with Crippen LogP contribution in [0, 0.1) is 5.92 Å². The Bertz CT molecular complexity index is 1050. The van der Waals surface area contributed by atoms with Gasteiger partial charge in [0.15, 0.2) is 0 Å². The molecule has 1 aliphatic rings. The largest absolute Gasteiger partial charge is 0.468 e. The number of esters is 2. The van der Waals surface area contributed by atoms with Crippen LogP contribution in [-0.2, 0) is 23.9 Å². The standard InChI is InChI=1S/C22H20ClN3O5/c1-30-21(28)18-15(13-10-6-7-11-14(13)23)16(20(27)19(26-24)22(29)31-2)17(25-18)12-8-4-3-5-9-12/h3-11,15-18,25H,1-2H3/t15-,16-,17-,18-/m0/s1. The summed E-state index contributed by atoms with van der Waals surface area (Å²) in [6, 6.07) is 14.1. The van der Waals surface area contributed by atoms with Crippen molar-refractivity contribution in [1.82, 2.24) is 5.32 Å². The highest BCUT2D eigenvalue weighted by atomic mass is 35.5. The predicted molar refractivity (Wildman–Crippen MR) is 111 cm³/mol. The lowest BCUT2D eigenvalue weighted by Gasteiger charge is -2.23. The quantitative estimate of drug-likeness (QED) is 0.241. The lowest BCUT2D eigenvalue weighted by molar-refractivity contribution is -0.143. The normalized spacial score (nSPS) is 22.3. The zero-order valence-electron chi connectivity index (χ0n) is 16.8. The number of methoxy groups -OCH3 is 2. The number of halogens is 1. The van der Waals surface area contributed by atoms with E-state index in [-0.39, 0.29) is 0 Å². The maximum absolute atomic E-state index is 13.5. The Morgan fingerprint density at radius 2 is 1.65 bits per heavy atom. The van der Waals surface area contributed by atoms with Gasteiger partial charge in [-0.3, -0.25) is 14.9 Å². The highest BCUT2D eigenvalue weighted by Gasteiger charge is 2.55. The summed E-state index contributed by atoms with van der Waals surface area (Å²) in [5.74, 6) is -4.29. The Kier molecular flexibility index (Phi) is 6.97. The number of rotatable bonds is 6. The van der Waals surface area contributed by atoms with E-state index < -0.39 is 47.4 Å². The predicted octanol–water partition coefficient (Wildman–Crippen LogP) is 2.34. The Labute approximate surface area is 183 Å². The molecule has 0 spiro atoms. The van der Waals surface area contributed by atoms with Gasteiger partial charge in [-0.15, -0.1) is 0 Å². The van der Waals surface area contributed by atoms with Gasteiger partial charge in [-0.05, 0) is 17.2 Å². The molecule has 0 aliphatic carbocycles. The van der Waals surface area contributed by atoms with E-state index in [1.165, 1.54) is 7.11 Å². The van der Waals surface area contributed by atoms with Gasteiger partial charge >= 0.3 is 17.7 Å². The summed E-state index contributed by atoms with van der Waals surface area (Å²) in [4.78, 5) is 41.1. The number of benzene rings is 2. The molecule has 0 aromatic heterocycles. The molecule has 1 heterocycles.